The van der Waals surface area contributed by atoms with E-state index in [0.29, 0.717) is 17.0 Å². The highest BCUT2D eigenvalue weighted by Crippen LogP contribution is 2.35. The monoisotopic (exact) mass is 610 g/mol. The lowest BCUT2D eigenvalue weighted by molar-refractivity contribution is 0.207. The minimum absolute atomic E-state index is 0.0512. The first-order valence-corrected chi connectivity index (χ1v) is 14.8. The van der Waals surface area contributed by atoms with Crippen LogP contribution < -0.4 is 14.2 Å². The normalized spacial score (nSPS) is 11.7. The minimum Gasteiger partial charge on any atom is -0.474 e. The minimum atomic E-state index is -3.94. The SMILES string of the molecule is CCC(C)(C)c1ccc(S(=O)(=O)Nc2ncnc(OCCOc3ccc(Br)cn3)c2-c2ccc(C)cc2)cc1. The van der Waals surface area contributed by atoms with E-state index in [4.69, 9.17) is 9.47 Å². The van der Waals surface area contributed by atoms with Crippen molar-refractivity contribution in [3.63, 3.8) is 0 Å². The Kier molecular flexibility index (Phi) is 8.87. The zero-order valence-electron chi connectivity index (χ0n) is 22.3. The van der Waals surface area contributed by atoms with Gasteiger partial charge in [-0.15, -0.1) is 0 Å². The number of benzene rings is 2. The van der Waals surface area contributed by atoms with E-state index in [2.05, 4.69) is 56.4 Å². The Morgan fingerprint density at radius 3 is 2.23 bits per heavy atom. The second-order valence-corrected chi connectivity index (χ2v) is 12.2. The quantitative estimate of drug-likeness (QED) is 0.192. The summed E-state index contributed by atoms with van der Waals surface area (Å²) in [6.07, 6.45) is 3.85. The molecule has 1 N–H and O–H groups in total. The smallest absolute Gasteiger partial charge is 0.263 e. The fourth-order valence-corrected chi connectivity index (χ4v) is 5.00. The third-order valence-corrected chi connectivity index (χ3v) is 8.31. The Hall–Kier alpha value is -3.50. The molecule has 0 atom stereocenters. The topological polar surface area (TPSA) is 103 Å². The lowest BCUT2D eigenvalue weighted by Crippen LogP contribution is -2.18. The van der Waals surface area contributed by atoms with Gasteiger partial charge in [-0.05, 0) is 64.0 Å². The van der Waals surface area contributed by atoms with Crippen LogP contribution in [0.3, 0.4) is 0 Å². The van der Waals surface area contributed by atoms with Gasteiger partial charge in [0.05, 0.1) is 10.5 Å². The number of rotatable bonds is 11. The van der Waals surface area contributed by atoms with Gasteiger partial charge in [0.2, 0.25) is 11.8 Å². The molecule has 2 aromatic carbocycles. The lowest BCUT2D eigenvalue weighted by Gasteiger charge is -2.23. The van der Waals surface area contributed by atoms with E-state index in [0.717, 1.165) is 22.0 Å². The number of halogens is 1. The molecular formula is C29H31BrN4O4S. The van der Waals surface area contributed by atoms with Gasteiger partial charge in [0.1, 0.15) is 19.5 Å². The largest absolute Gasteiger partial charge is 0.474 e. The fraction of sp³-hybridized carbons (Fsp3) is 0.276. The highest BCUT2D eigenvalue weighted by atomic mass is 79.9. The van der Waals surface area contributed by atoms with Crippen molar-refractivity contribution in [3.05, 3.63) is 88.8 Å². The lowest BCUT2D eigenvalue weighted by atomic mass is 9.82. The molecule has 0 aliphatic heterocycles. The zero-order valence-corrected chi connectivity index (χ0v) is 24.7. The van der Waals surface area contributed by atoms with Crippen LogP contribution in [-0.2, 0) is 15.4 Å². The molecule has 204 valence electrons. The van der Waals surface area contributed by atoms with Crippen LogP contribution in [0.5, 0.6) is 11.8 Å². The van der Waals surface area contributed by atoms with Gasteiger partial charge in [-0.1, -0.05) is 62.7 Å². The second kappa shape index (κ2) is 12.1. The van der Waals surface area contributed by atoms with Crippen molar-refractivity contribution in [2.75, 3.05) is 17.9 Å². The zero-order chi connectivity index (χ0) is 28.0. The summed E-state index contributed by atoms with van der Waals surface area (Å²) in [4.78, 5) is 12.9. The maximum atomic E-state index is 13.4. The van der Waals surface area contributed by atoms with Gasteiger partial charge < -0.3 is 9.47 Å². The van der Waals surface area contributed by atoms with E-state index >= 15 is 0 Å². The number of anilines is 1. The molecule has 0 fully saturated rings. The van der Waals surface area contributed by atoms with Crippen molar-refractivity contribution in [3.8, 4) is 22.9 Å². The van der Waals surface area contributed by atoms with Crippen molar-refractivity contribution >= 4 is 31.8 Å². The Morgan fingerprint density at radius 2 is 1.59 bits per heavy atom. The average Bonchev–Trinajstić information content (AvgIpc) is 2.93. The molecule has 2 aromatic heterocycles. The molecule has 39 heavy (non-hydrogen) atoms. The van der Waals surface area contributed by atoms with Crippen molar-refractivity contribution in [1.82, 2.24) is 15.0 Å². The van der Waals surface area contributed by atoms with Gasteiger partial charge in [0, 0.05) is 16.7 Å². The molecule has 0 aliphatic carbocycles. The predicted octanol–water partition coefficient (Wildman–Crippen LogP) is 6.56. The number of sulfonamides is 1. The van der Waals surface area contributed by atoms with Gasteiger partial charge in [-0.25, -0.2) is 23.4 Å². The molecule has 4 aromatic rings. The summed E-state index contributed by atoms with van der Waals surface area (Å²) in [5, 5.41) is 0. The first kappa shape index (κ1) is 28.5. The van der Waals surface area contributed by atoms with Crippen LogP contribution >= 0.6 is 15.9 Å². The molecule has 4 rings (SSSR count). The Labute approximate surface area is 238 Å². The van der Waals surface area contributed by atoms with Crippen LogP contribution in [0.15, 0.2) is 82.6 Å². The summed E-state index contributed by atoms with van der Waals surface area (Å²) in [6.45, 7) is 8.72. The van der Waals surface area contributed by atoms with Crippen molar-refractivity contribution in [1.29, 1.82) is 0 Å². The molecule has 0 bridgehead atoms. The molecule has 2 heterocycles. The Balaban J connectivity index is 1.59. The predicted molar refractivity (Wildman–Crippen MR) is 156 cm³/mol. The number of pyridine rings is 1. The van der Waals surface area contributed by atoms with E-state index < -0.39 is 10.0 Å². The van der Waals surface area contributed by atoms with Crippen molar-refractivity contribution < 1.29 is 17.9 Å². The Morgan fingerprint density at radius 1 is 0.897 bits per heavy atom. The van der Waals surface area contributed by atoms with Crippen LogP contribution in [0.1, 0.15) is 38.3 Å². The Bertz CT molecular complexity index is 1510. The molecular weight excluding hydrogens is 580 g/mol. The third kappa shape index (κ3) is 7.13. The van der Waals surface area contributed by atoms with Crippen molar-refractivity contribution in [2.45, 2.75) is 44.4 Å². The van der Waals surface area contributed by atoms with Crippen molar-refractivity contribution in [2.24, 2.45) is 0 Å². The van der Waals surface area contributed by atoms with Crippen LogP contribution in [0.2, 0.25) is 0 Å². The van der Waals surface area contributed by atoms with Gasteiger partial charge in [0.15, 0.2) is 5.82 Å². The molecule has 0 radical (unpaired) electrons. The fourth-order valence-electron chi connectivity index (χ4n) is 3.74. The van der Waals surface area contributed by atoms with Crippen LogP contribution in [0, 0.1) is 6.92 Å². The number of ether oxygens (including phenoxy) is 2. The summed E-state index contributed by atoms with van der Waals surface area (Å²) in [5.74, 6) is 0.821. The molecule has 10 heteroatoms. The van der Waals surface area contributed by atoms with E-state index in [1.165, 1.54) is 6.33 Å². The maximum Gasteiger partial charge on any atom is 0.263 e. The molecule has 0 aliphatic rings. The summed E-state index contributed by atoms with van der Waals surface area (Å²) in [6, 6.07) is 18.1. The van der Waals surface area contributed by atoms with E-state index in [-0.39, 0.29) is 35.2 Å². The highest BCUT2D eigenvalue weighted by Gasteiger charge is 2.23. The molecule has 0 spiro atoms. The number of aryl methyl sites for hydroxylation is 1. The summed E-state index contributed by atoms with van der Waals surface area (Å²) < 4.78 is 41.8. The summed E-state index contributed by atoms with van der Waals surface area (Å²) >= 11 is 3.34. The number of nitrogens with zero attached hydrogens (tertiary/aromatic N) is 3. The van der Waals surface area contributed by atoms with Gasteiger partial charge in [0.25, 0.3) is 10.0 Å². The van der Waals surface area contributed by atoms with E-state index in [1.807, 2.05) is 49.4 Å². The highest BCUT2D eigenvalue weighted by molar-refractivity contribution is 9.10. The van der Waals surface area contributed by atoms with Crippen LogP contribution in [0.4, 0.5) is 5.82 Å². The van der Waals surface area contributed by atoms with Gasteiger partial charge in [-0.2, -0.15) is 0 Å². The molecule has 8 nitrogen and oxygen atoms in total. The van der Waals surface area contributed by atoms with Crippen LogP contribution in [0.25, 0.3) is 11.1 Å². The van der Waals surface area contributed by atoms with E-state index in [9.17, 15) is 8.42 Å². The molecule has 0 unspecified atom stereocenters. The second-order valence-electron chi connectivity index (χ2n) is 9.65. The molecule has 0 amide bonds. The summed E-state index contributed by atoms with van der Waals surface area (Å²) in [7, 11) is -3.94. The van der Waals surface area contributed by atoms with Gasteiger partial charge >= 0.3 is 0 Å². The third-order valence-electron chi connectivity index (χ3n) is 6.49. The number of nitrogens with one attached hydrogen (secondary N) is 1. The summed E-state index contributed by atoms with van der Waals surface area (Å²) in [5.41, 5.74) is 3.23. The molecule has 0 saturated heterocycles. The molecule has 0 saturated carbocycles. The number of hydrogen-bond donors (Lipinski definition) is 1. The van der Waals surface area contributed by atoms with E-state index in [1.54, 1.807) is 24.4 Å². The average molecular weight is 612 g/mol. The number of aromatic nitrogens is 3. The number of hydrogen-bond acceptors (Lipinski definition) is 7. The first-order chi connectivity index (χ1) is 18.6. The first-order valence-electron chi connectivity index (χ1n) is 12.5. The standard InChI is InChI=1S/C29H31BrN4O4S/c1-5-29(3,4)22-10-13-24(14-11-22)39(35,36)34-27-26(21-8-6-20(2)7-9-21)28(33-19-32-27)38-17-16-37-25-15-12-23(30)18-31-25/h6-15,18-19H,5,16-17H2,1-4H3,(H,32,33,34). The van der Waals surface area contributed by atoms with Crippen LogP contribution in [-0.4, -0.2) is 36.6 Å². The van der Waals surface area contributed by atoms with Gasteiger partial charge in [-0.3, -0.25) is 4.72 Å². The maximum absolute atomic E-state index is 13.4.